The predicted octanol–water partition coefficient (Wildman–Crippen LogP) is 4.72. The van der Waals surface area contributed by atoms with Crippen molar-refractivity contribution in [1.82, 2.24) is 15.3 Å². The second-order valence-electron chi connectivity index (χ2n) is 10.6. The van der Waals surface area contributed by atoms with E-state index in [-0.39, 0.29) is 12.0 Å². The van der Waals surface area contributed by atoms with E-state index < -0.39 is 0 Å². The molecule has 1 aliphatic heterocycles. The van der Waals surface area contributed by atoms with Crippen molar-refractivity contribution in [3.63, 3.8) is 0 Å². The van der Waals surface area contributed by atoms with Gasteiger partial charge in [0.25, 0.3) is 0 Å². The molecule has 2 fully saturated rings. The molecule has 2 aromatic rings. The van der Waals surface area contributed by atoms with Crippen LogP contribution in [0.1, 0.15) is 51.1 Å². The number of aliphatic hydroxyl groups is 1. The average molecular weight is 517 g/mol. The Balaban J connectivity index is 1.37. The first-order chi connectivity index (χ1) is 17.5. The maximum Gasteiger partial charge on any atom is 0.126 e. The van der Waals surface area contributed by atoms with Crippen LogP contribution in [0, 0.1) is 11.3 Å². The van der Waals surface area contributed by atoms with Crippen LogP contribution in [0.5, 0.6) is 0 Å². The lowest BCUT2D eigenvalue weighted by Crippen LogP contribution is -2.41. The van der Waals surface area contributed by atoms with Gasteiger partial charge in [0.15, 0.2) is 0 Å². The predicted molar refractivity (Wildman–Crippen MR) is 144 cm³/mol. The minimum atomic E-state index is -0.159. The van der Waals surface area contributed by atoms with Crippen molar-refractivity contribution in [2.45, 2.75) is 64.0 Å². The van der Waals surface area contributed by atoms with E-state index in [1.54, 1.807) is 13.3 Å². The Kier molecular flexibility index (Phi) is 9.96. The Hall–Kier alpha value is -1.77. The molecule has 0 unspecified atom stereocenters. The first kappa shape index (κ1) is 27.3. The summed E-state index contributed by atoms with van der Waals surface area (Å²) in [5.74, 6) is 1.42. The number of aromatic nitrogens is 2. The zero-order valence-electron chi connectivity index (χ0n) is 21.6. The van der Waals surface area contributed by atoms with Gasteiger partial charge in [0, 0.05) is 61.8 Å². The molecule has 3 heterocycles. The number of halogens is 1. The molecule has 0 bridgehead atoms. The lowest BCUT2D eigenvalue weighted by molar-refractivity contribution is -0.00861. The van der Waals surface area contributed by atoms with E-state index in [9.17, 15) is 5.11 Å². The van der Waals surface area contributed by atoms with Gasteiger partial charge in [0.1, 0.15) is 5.82 Å². The first-order valence-electron chi connectivity index (χ1n) is 13.3. The van der Waals surface area contributed by atoms with E-state index in [4.69, 9.17) is 26.1 Å². The molecule has 7 nitrogen and oxygen atoms in total. The number of hydrogen-bond acceptors (Lipinski definition) is 7. The number of rotatable bonds is 11. The summed E-state index contributed by atoms with van der Waals surface area (Å²) in [6.07, 6.45) is 9.20. The van der Waals surface area contributed by atoms with Gasteiger partial charge >= 0.3 is 0 Å². The molecule has 0 spiro atoms. The van der Waals surface area contributed by atoms with Crippen LogP contribution in [0.3, 0.4) is 0 Å². The van der Waals surface area contributed by atoms with Crippen molar-refractivity contribution >= 4 is 17.4 Å². The number of ether oxygens (including phenoxy) is 2. The van der Waals surface area contributed by atoms with Crippen LogP contribution < -0.4 is 10.6 Å². The third-order valence-corrected chi connectivity index (χ3v) is 8.05. The highest BCUT2D eigenvalue weighted by Gasteiger charge is 2.32. The summed E-state index contributed by atoms with van der Waals surface area (Å²) in [6.45, 7) is 5.13. The molecule has 2 aromatic heterocycles. The van der Waals surface area contributed by atoms with Gasteiger partial charge in [-0.3, -0.25) is 4.98 Å². The molecule has 8 heteroatoms. The summed E-state index contributed by atoms with van der Waals surface area (Å²) in [7, 11) is 1.75. The minimum absolute atomic E-state index is 0.146. The fourth-order valence-electron chi connectivity index (χ4n) is 5.48. The quantitative estimate of drug-likeness (QED) is 0.398. The molecular formula is C28H41ClN4O3. The number of methoxy groups -OCH3 is 1. The van der Waals surface area contributed by atoms with Gasteiger partial charge in [-0.25, -0.2) is 4.98 Å². The largest absolute Gasteiger partial charge is 0.396 e. The van der Waals surface area contributed by atoms with E-state index in [0.29, 0.717) is 42.8 Å². The molecule has 0 radical (unpaired) electrons. The Bertz CT molecular complexity index is 962. The zero-order valence-corrected chi connectivity index (χ0v) is 22.4. The molecule has 198 valence electrons. The molecule has 2 aliphatic rings. The highest BCUT2D eigenvalue weighted by Crippen LogP contribution is 2.33. The van der Waals surface area contributed by atoms with Crippen molar-refractivity contribution in [3.8, 4) is 11.3 Å². The van der Waals surface area contributed by atoms with Crippen LogP contribution in [0.4, 0.5) is 5.82 Å². The van der Waals surface area contributed by atoms with E-state index in [2.05, 4.69) is 28.6 Å². The Morgan fingerprint density at radius 1 is 1.22 bits per heavy atom. The van der Waals surface area contributed by atoms with Crippen LogP contribution >= 0.6 is 11.6 Å². The Labute approximate surface area is 220 Å². The van der Waals surface area contributed by atoms with Gasteiger partial charge in [-0.2, -0.15) is 0 Å². The fraction of sp³-hybridized carbons (Fsp3) is 0.643. The third-order valence-electron chi connectivity index (χ3n) is 7.75. The van der Waals surface area contributed by atoms with E-state index in [1.165, 1.54) is 25.7 Å². The summed E-state index contributed by atoms with van der Waals surface area (Å²) in [5, 5.41) is 17.7. The molecule has 36 heavy (non-hydrogen) atoms. The SMILES string of the molecule is COC[C@@H](C)NC1CCC(Cc2cc(-c3cccc(NCC4(CO)CCOCC4)n3)c(Cl)cn2)CC1. The molecular weight excluding hydrogens is 476 g/mol. The first-order valence-corrected chi connectivity index (χ1v) is 13.7. The zero-order chi connectivity index (χ0) is 25.4. The van der Waals surface area contributed by atoms with E-state index >= 15 is 0 Å². The molecule has 0 aromatic carbocycles. The van der Waals surface area contributed by atoms with Gasteiger partial charge in [0.05, 0.1) is 23.9 Å². The lowest BCUT2D eigenvalue weighted by atomic mass is 9.81. The molecule has 1 aliphatic carbocycles. The number of anilines is 1. The second-order valence-corrected chi connectivity index (χ2v) is 11.0. The van der Waals surface area contributed by atoms with Crippen molar-refractivity contribution in [2.75, 3.05) is 45.4 Å². The van der Waals surface area contributed by atoms with Crippen molar-refractivity contribution < 1.29 is 14.6 Å². The summed E-state index contributed by atoms with van der Waals surface area (Å²) < 4.78 is 10.7. The lowest BCUT2D eigenvalue weighted by Gasteiger charge is -2.35. The summed E-state index contributed by atoms with van der Waals surface area (Å²) >= 11 is 6.57. The normalized spacial score (nSPS) is 22.8. The molecule has 0 amide bonds. The van der Waals surface area contributed by atoms with Gasteiger partial charge in [-0.1, -0.05) is 17.7 Å². The topological polar surface area (TPSA) is 88.5 Å². The van der Waals surface area contributed by atoms with Gasteiger partial charge in [-0.15, -0.1) is 0 Å². The van der Waals surface area contributed by atoms with Gasteiger partial charge in [-0.05, 0) is 76.0 Å². The average Bonchev–Trinajstić information content (AvgIpc) is 2.90. The molecule has 1 saturated carbocycles. The Morgan fingerprint density at radius 3 is 2.72 bits per heavy atom. The smallest absolute Gasteiger partial charge is 0.126 e. The monoisotopic (exact) mass is 516 g/mol. The maximum absolute atomic E-state index is 9.98. The van der Waals surface area contributed by atoms with Crippen LogP contribution in [-0.4, -0.2) is 67.2 Å². The molecule has 1 saturated heterocycles. The van der Waals surface area contributed by atoms with E-state index in [1.807, 2.05) is 18.2 Å². The van der Waals surface area contributed by atoms with Crippen molar-refractivity contribution in [1.29, 1.82) is 0 Å². The highest BCUT2D eigenvalue weighted by atomic mass is 35.5. The number of aliphatic hydroxyl groups excluding tert-OH is 1. The summed E-state index contributed by atoms with van der Waals surface area (Å²) in [5.41, 5.74) is 2.66. The number of nitrogens with one attached hydrogen (secondary N) is 2. The minimum Gasteiger partial charge on any atom is -0.396 e. The van der Waals surface area contributed by atoms with Crippen LogP contribution in [0.25, 0.3) is 11.3 Å². The van der Waals surface area contributed by atoms with Crippen LogP contribution in [-0.2, 0) is 15.9 Å². The molecule has 1 atom stereocenters. The third kappa shape index (κ3) is 7.39. The number of nitrogens with zero attached hydrogens (tertiary/aromatic N) is 2. The van der Waals surface area contributed by atoms with Crippen LogP contribution in [0.15, 0.2) is 30.5 Å². The highest BCUT2D eigenvalue weighted by molar-refractivity contribution is 6.33. The van der Waals surface area contributed by atoms with Gasteiger partial charge in [0.2, 0.25) is 0 Å². The van der Waals surface area contributed by atoms with Crippen molar-refractivity contribution in [3.05, 3.63) is 41.2 Å². The van der Waals surface area contributed by atoms with Crippen LogP contribution in [0.2, 0.25) is 5.02 Å². The summed E-state index contributed by atoms with van der Waals surface area (Å²) in [6, 6.07) is 9.02. The second kappa shape index (κ2) is 13.2. The van der Waals surface area contributed by atoms with Gasteiger partial charge < -0.3 is 25.2 Å². The molecule has 3 N–H and O–H groups in total. The number of hydrogen-bond donors (Lipinski definition) is 3. The summed E-state index contributed by atoms with van der Waals surface area (Å²) in [4.78, 5) is 9.48. The van der Waals surface area contributed by atoms with Crippen molar-refractivity contribution in [2.24, 2.45) is 11.3 Å². The standard InChI is InChI=1S/C28H41ClN4O3/c1-20(17-35-2)32-22-8-6-21(7-9-22)14-23-15-24(25(29)16-30-23)26-4-3-5-27(33-26)31-18-28(19-34)10-12-36-13-11-28/h3-5,15-16,20-22,32,34H,6-14,17-19H2,1-2H3,(H,31,33)/t20-,21?,22?/m1/s1. The maximum atomic E-state index is 9.98. The molecule has 4 rings (SSSR count). The Morgan fingerprint density at radius 2 is 2.00 bits per heavy atom. The fourth-order valence-corrected chi connectivity index (χ4v) is 5.68. The number of pyridine rings is 2. The van der Waals surface area contributed by atoms with E-state index in [0.717, 1.165) is 48.6 Å².